The Bertz CT molecular complexity index is 212. The van der Waals surface area contributed by atoms with E-state index in [0.717, 1.165) is 13.1 Å². The van der Waals surface area contributed by atoms with Crippen molar-refractivity contribution in [1.82, 2.24) is 15.5 Å². The highest BCUT2D eigenvalue weighted by Crippen LogP contribution is 1.96. The van der Waals surface area contributed by atoms with E-state index in [1.807, 2.05) is 6.92 Å². The first-order valence-electron chi connectivity index (χ1n) is 4.99. The Morgan fingerprint density at radius 3 is 2.57 bits per heavy atom. The monoisotopic (exact) mass is 199 g/mol. The van der Waals surface area contributed by atoms with Crippen LogP contribution in [0.1, 0.15) is 13.3 Å². The summed E-state index contributed by atoms with van der Waals surface area (Å²) in [6.07, 6.45) is -0.0200. The van der Waals surface area contributed by atoms with Crippen molar-refractivity contribution in [3.8, 4) is 0 Å². The zero-order valence-corrected chi connectivity index (χ0v) is 8.51. The van der Waals surface area contributed by atoms with Crippen LogP contribution < -0.4 is 10.6 Å². The minimum Gasteiger partial charge on any atom is -0.356 e. The van der Waals surface area contributed by atoms with E-state index in [0.29, 0.717) is 19.6 Å². The molecule has 1 heterocycles. The van der Waals surface area contributed by atoms with E-state index in [-0.39, 0.29) is 18.2 Å². The lowest BCUT2D eigenvalue weighted by molar-refractivity contribution is -0.136. The molecule has 5 heteroatoms. The van der Waals surface area contributed by atoms with E-state index >= 15 is 0 Å². The van der Waals surface area contributed by atoms with Gasteiger partial charge in [0.15, 0.2) is 0 Å². The van der Waals surface area contributed by atoms with Crippen LogP contribution in [0.5, 0.6) is 0 Å². The smallest absolute Gasteiger partial charge is 0.232 e. The highest BCUT2D eigenvalue weighted by Gasteiger charge is 2.18. The second kappa shape index (κ2) is 5.59. The number of nitrogens with zero attached hydrogens (tertiary/aromatic N) is 1. The Kier molecular flexibility index (Phi) is 4.39. The van der Waals surface area contributed by atoms with Crippen molar-refractivity contribution in [2.75, 3.05) is 32.7 Å². The Labute approximate surface area is 83.8 Å². The molecule has 0 radical (unpaired) electrons. The zero-order chi connectivity index (χ0) is 10.4. The molecule has 1 rings (SSSR count). The van der Waals surface area contributed by atoms with Gasteiger partial charge in [-0.1, -0.05) is 0 Å². The highest BCUT2D eigenvalue weighted by atomic mass is 16.2. The van der Waals surface area contributed by atoms with Gasteiger partial charge in [-0.3, -0.25) is 9.59 Å². The third kappa shape index (κ3) is 3.33. The second-order valence-corrected chi connectivity index (χ2v) is 3.26. The van der Waals surface area contributed by atoms with Gasteiger partial charge in [-0.05, 0) is 6.92 Å². The summed E-state index contributed by atoms with van der Waals surface area (Å²) in [5, 5.41) is 5.77. The SMILES string of the molecule is CCNC(=O)CC(=O)N1CCNCC1. The topological polar surface area (TPSA) is 61.4 Å². The average Bonchev–Trinajstić information content (AvgIpc) is 2.19. The van der Waals surface area contributed by atoms with Gasteiger partial charge in [0, 0.05) is 32.7 Å². The second-order valence-electron chi connectivity index (χ2n) is 3.26. The molecule has 0 aliphatic carbocycles. The van der Waals surface area contributed by atoms with Crippen molar-refractivity contribution in [3.05, 3.63) is 0 Å². The molecule has 0 aromatic carbocycles. The van der Waals surface area contributed by atoms with Crippen molar-refractivity contribution in [1.29, 1.82) is 0 Å². The molecule has 1 fully saturated rings. The van der Waals surface area contributed by atoms with Gasteiger partial charge in [-0.15, -0.1) is 0 Å². The third-order valence-corrected chi connectivity index (χ3v) is 2.16. The van der Waals surface area contributed by atoms with Crippen LogP contribution in [-0.4, -0.2) is 49.4 Å². The molecule has 0 spiro atoms. The van der Waals surface area contributed by atoms with Gasteiger partial charge in [0.2, 0.25) is 11.8 Å². The van der Waals surface area contributed by atoms with E-state index in [4.69, 9.17) is 0 Å². The predicted octanol–water partition coefficient (Wildman–Crippen LogP) is -1.06. The molecule has 0 aromatic rings. The van der Waals surface area contributed by atoms with Gasteiger partial charge < -0.3 is 15.5 Å². The fourth-order valence-electron chi connectivity index (χ4n) is 1.42. The molecule has 2 N–H and O–H groups in total. The number of carbonyl (C=O) groups is 2. The molecule has 5 nitrogen and oxygen atoms in total. The normalized spacial score (nSPS) is 16.5. The van der Waals surface area contributed by atoms with Crippen LogP contribution >= 0.6 is 0 Å². The van der Waals surface area contributed by atoms with Crippen molar-refractivity contribution < 1.29 is 9.59 Å². The van der Waals surface area contributed by atoms with Crippen LogP contribution in [0.4, 0.5) is 0 Å². The molecule has 0 unspecified atom stereocenters. The number of nitrogens with one attached hydrogen (secondary N) is 2. The number of hydrogen-bond donors (Lipinski definition) is 2. The first-order chi connectivity index (χ1) is 6.74. The van der Waals surface area contributed by atoms with E-state index in [1.54, 1.807) is 4.90 Å². The summed E-state index contributed by atoms with van der Waals surface area (Å²) in [7, 11) is 0. The molecule has 0 atom stereocenters. The van der Waals surface area contributed by atoms with Crippen LogP contribution in [0.2, 0.25) is 0 Å². The van der Waals surface area contributed by atoms with Gasteiger partial charge in [0.05, 0.1) is 0 Å². The molecule has 1 aliphatic rings. The van der Waals surface area contributed by atoms with Crippen LogP contribution in [0, 0.1) is 0 Å². The third-order valence-electron chi connectivity index (χ3n) is 2.16. The summed E-state index contributed by atoms with van der Waals surface area (Å²) in [6.45, 7) is 5.47. The minimum absolute atomic E-state index is 0.0200. The maximum absolute atomic E-state index is 11.5. The lowest BCUT2D eigenvalue weighted by Gasteiger charge is -2.27. The summed E-state index contributed by atoms with van der Waals surface area (Å²) in [4.78, 5) is 24.4. The molecule has 14 heavy (non-hydrogen) atoms. The van der Waals surface area contributed by atoms with Crippen molar-refractivity contribution >= 4 is 11.8 Å². The summed E-state index contributed by atoms with van der Waals surface area (Å²) >= 11 is 0. The molecular formula is C9H17N3O2. The van der Waals surface area contributed by atoms with Crippen LogP contribution in [0.3, 0.4) is 0 Å². The molecule has 2 amide bonds. The van der Waals surface area contributed by atoms with Gasteiger partial charge in [-0.25, -0.2) is 0 Å². The van der Waals surface area contributed by atoms with Crippen LogP contribution in [-0.2, 0) is 9.59 Å². The number of rotatable bonds is 3. The summed E-state index contributed by atoms with van der Waals surface area (Å²) in [5.41, 5.74) is 0. The Morgan fingerprint density at radius 1 is 1.36 bits per heavy atom. The fourth-order valence-corrected chi connectivity index (χ4v) is 1.42. The fraction of sp³-hybridized carbons (Fsp3) is 0.778. The molecule has 0 bridgehead atoms. The van der Waals surface area contributed by atoms with Crippen LogP contribution in [0.15, 0.2) is 0 Å². The maximum atomic E-state index is 11.5. The average molecular weight is 199 g/mol. The van der Waals surface area contributed by atoms with Crippen LogP contribution in [0.25, 0.3) is 0 Å². The van der Waals surface area contributed by atoms with Crippen molar-refractivity contribution in [2.24, 2.45) is 0 Å². The van der Waals surface area contributed by atoms with Gasteiger partial charge in [0.1, 0.15) is 6.42 Å². The molecule has 80 valence electrons. The maximum Gasteiger partial charge on any atom is 0.232 e. The number of piperazine rings is 1. The molecule has 1 aliphatic heterocycles. The van der Waals surface area contributed by atoms with E-state index in [2.05, 4.69) is 10.6 Å². The first-order valence-corrected chi connectivity index (χ1v) is 4.99. The largest absolute Gasteiger partial charge is 0.356 e. The predicted molar refractivity (Wildman–Crippen MR) is 52.8 cm³/mol. The zero-order valence-electron chi connectivity index (χ0n) is 8.51. The number of carbonyl (C=O) groups excluding carboxylic acids is 2. The van der Waals surface area contributed by atoms with Gasteiger partial charge >= 0.3 is 0 Å². The van der Waals surface area contributed by atoms with Gasteiger partial charge in [0.25, 0.3) is 0 Å². The quantitative estimate of drug-likeness (QED) is 0.570. The van der Waals surface area contributed by atoms with Gasteiger partial charge in [-0.2, -0.15) is 0 Å². The number of amides is 2. The molecular weight excluding hydrogens is 182 g/mol. The lowest BCUT2D eigenvalue weighted by Crippen LogP contribution is -2.47. The highest BCUT2D eigenvalue weighted by molar-refractivity contribution is 5.96. The molecule has 1 saturated heterocycles. The molecule has 0 aromatic heterocycles. The standard InChI is InChI=1S/C9H17N3O2/c1-2-11-8(13)7-9(14)12-5-3-10-4-6-12/h10H,2-7H2,1H3,(H,11,13). The lowest BCUT2D eigenvalue weighted by atomic mass is 10.3. The van der Waals surface area contributed by atoms with E-state index < -0.39 is 0 Å². The summed E-state index contributed by atoms with van der Waals surface area (Å²) in [5.74, 6) is -0.256. The Balaban J connectivity index is 2.29. The Morgan fingerprint density at radius 2 is 2.00 bits per heavy atom. The van der Waals surface area contributed by atoms with E-state index in [9.17, 15) is 9.59 Å². The summed E-state index contributed by atoms with van der Waals surface area (Å²) in [6, 6.07) is 0. The van der Waals surface area contributed by atoms with Crippen molar-refractivity contribution in [2.45, 2.75) is 13.3 Å². The summed E-state index contributed by atoms with van der Waals surface area (Å²) < 4.78 is 0. The van der Waals surface area contributed by atoms with E-state index in [1.165, 1.54) is 0 Å². The first kappa shape index (κ1) is 11.0. The van der Waals surface area contributed by atoms with Crippen molar-refractivity contribution in [3.63, 3.8) is 0 Å². The number of hydrogen-bond acceptors (Lipinski definition) is 3. The molecule has 0 saturated carbocycles. The Hall–Kier alpha value is -1.10. The minimum atomic E-state index is -0.184.